The topological polar surface area (TPSA) is 78.9 Å². The normalized spacial score (nSPS) is 26.1. The van der Waals surface area contributed by atoms with E-state index < -0.39 is 43.1 Å². The van der Waals surface area contributed by atoms with E-state index in [9.17, 15) is 22.8 Å². The van der Waals surface area contributed by atoms with Crippen molar-refractivity contribution in [1.82, 2.24) is 10.2 Å². The first-order valence-corrected chi connectivity index (χ1v) is 8.00. The summed E-state index contributed by atoms with van der Waals surface area (Å²) in [6.07, 6.45) is -0.801. The van der Waals surface area contributed by atoms with Gasteiger partial charge in [0.2, 0.25) is 0 Å². The van der Waals surface area contributed by atoms with Crippen molar-refractivity contribution < 1.29 is 32.6 Å². The van der Waals surface area contributed by atoms with Crippen LogP contribution in [0.2, 0.25) is 0 Å². The van der Waals surface area contributed by atoms with Crippen LogP contribution in [0.1, 0.15) is 25.7 Å². The number of nitrogens with one attached hydrogen (secondary N) is 1. The van der Waals surface area contributed by atoms with E-state index in [-0.39, 0.29) is 5.41 Å². The highest BCUT2D eigenvalue weighted by atomic mass is 19.4. The number of amides is 2. The Balaban J connectivity index is 1.85. The molecule has 2 fully saturated rings. The molecule has 1 aliphatic carbocycles. The Kier molecular flexibility index (Phi) is 5.62. The summed E-state index contributed by atoms with van der Waals surface area (Å²) in [6.45, 7) is -0.0962. The number of likely N-dealkylation sites (tertiary alicyclic amines) is 1. The highest BCUT2D eigenvalue weighted by molar-refractivity contribution is 5.77. The van der Waals surface area contributed by atoms with Gasteiger partial charge < -0.3 is 20.1 Å². The SMILES string of the molecule is COCC1(CCNC(=O)N2C[C@@H](C(F)(F)F)[C@H](C(=O)O)C2)CCC1. The van der Waals surface area contributed by atoms with Crippen LogP contribution in [0.5, 0.6) is 0 Å². The Morgan fingerprint density at radius 2 is 2.00 bits per heavy atom. The molecule has 1 saturated heterocycles. The minimum atomic E-state index is -4.63. The number of rotatable bonds is 6. The van der Waals surface area contributed by atoms with Gasteiger partial charge in [0, 0.05) is 26.7 Å². The number of nitrogens with zero attached hydrogens (tertiary/aromatic N) is 1. The largest absolute Gasteiger partial charge is 0.481 e. The van der Waals surface area contributed by atoms with Crippen molar-refractivity contribution in [2.75, 3.05) is 33.4 Å². The Labute approximate surface area is 138 Å². The molecule has 9 heteroatoms. The number of alkyl halides is 3. The third-order valence-electron chi connectivity index (χ3n) is 5.14. The van der Waals surface area contributed by atoms with Gasteiger partial charge in [-0.2, -0.15) is 13.2 Å². The van der Waals surface area contributed by atoms with Gasteiger partial charge in [-0.25, -0.2) is 4.79 Å². The van der Waals surface area contributed by atoms with Crippen LogP contribution in [-0.2, 0) is 9.53 Å². The maximum Gasteiger partial charge on any atom is 0.394 e. The van der Waals surface area contributed by atoms with E-state index in [1.807, 2.05) is 0 Å². The molecule has 1 saturated carbocycles. The molecular formula is C15H23F3N2O4. The van der Waals surface area contributed by atoms with Crippen molar-refractivity contribution in [2.24, 2.45) is 17.3 Å². The lowest BCUT2D eigenvalue weighted by Crippen LogP contribution is -2.43. The van der Waals surface area contributed by atoms with Crippen LogP contribution in [0.3, 0.4) is 0 Å². The first kappa shape index (κ1) is 18.8. The van der Waals surface area contributed by atoms with Gasteiger partial charge in [0.1, 0.15) is 0 Å². The predicted molar refractivity (Wildman–Crippen MR) is 78.4 cm³/mol. The maximum atomic E-state index is 12.9. The summed E-state index contributed by atoms with van der Waals surface area (Å²) >= 11 is 0. The van der Waals surface area contributed by atoms with E-state index in [2.05, 4.69) is 5.32 Å². The standard InChI is InChI=1S/C15H23F3N2O4/c1-24-9-14(3-2-4-14)5-6-19-13(23)20-7-10(12(21)22)11(8-20)15(16,17)18/h10-11H,2-9H2,1H3,(H,19,23)(H,21,22)/t10-,11-/m1/s1. The Hall–Kier alpha value is -1.51. The molecule has 0 radical (unpaired) electrons. The molecule has 24 heavy (non-hydrogen) atoms. The highest BCUT2D eigenvalue weighted by Gasteiger charge is 2.53. The number of methoxy groups -OCH3 is 1. The number of hydrogen-bond acceptors (Lipinski definition) is 3. The Bertz CT molecular complexity index is 480. The summed E-state index contributed by atoms with van der Waals surface area (Å²) < 4.78 is 43.9. The second kappa shape index (κ2) is 7.16. The number of halogens is 3. The third-order valence-corrected chi connectivity index (χ3v) is 5.14. The minimum Gasteiger partial charge on any atom is -0.481 e. The summed E-state index contributed by atoms with van der Waals surface area (Å²) in [7, 11) is 1.62. The van der Waals surface area contributed by atoms with Gasteiger partial charge in [0.25, 0.3) is 0 Å². The number of carbonyl (C=O) groups excluding carboxylic acids is 1. The summed E-state index contributed by atoms with van der Waals surface area (Å²) in [5.41, 5.74) is 0.0468. The fourth-order valence-electron chi connectivity index (χ4n) is 3.55. The van der Waals surface area contributed by atoms with Crippen molar-refractivity contribution >= 4 is 12.0 Å². The third kappa shape index (κ3) is 4.12. The molecular weight excluding hydrogens is 329 g/mol. The molecule has 1 heterocycles. The molecule has 2 amide bonds. The second-order valence-electron chi connectivity index (χ2n) is 6.77. The van der Waals surface area contributed by atoms with Crippen LogP contribution >= 0.6 is 0 Å². The number of ether oxygens (including phenoxy) is 1. The monoisotopic (exact) mass is 352 g/mol. The van der Waals surface area contributed by atoms with Crippen LogP contribution in [0.15, 0.2) is 0 Å². The van der Waals surface area contributed by atoms with Gasteiger partial charge in [-0.3, -0.25) is 4.79 Å². The number of carboxylic acid groups (broad SMARTS) is 1. The van der Waals surface area contributed by atoms with E-state index in [4.69, 9.17) is 9.84 Å². The number of carbonyl (C=O) groups is 2. The first-order chi connectivity index (χ1) is 11.2. The predicted octanol–water partition coefficient (Wildman–Crippen LogP) is 2.10. The minimum absolute atomic E-state index is 0.0468. The Morgan fingerprint density at radius 1 is 1.33 bits per heavy atom. The summed E-state index contributed by atoms with van der Waals surface area (Å²) in [5, 5.41) is 11.6. The molecule has 2 atom stereocenters. The molecule has 138 valence electrons. The number of carboxylic acids is 1. The van der Waals surface area contributed by atoms with Gasteiger partial charge in [-0.1, -0.05) is 6.42 Å². The van der Waals surface area contributed by atoms with Gasteiger partial charge in [0.15, 0.2) is 0 Å². The van der Waals surface area contributed by atoms with E-state index in [0.717, 1.165) is 24.2 Å². The molecule has 0 aromatic rings. The molecule has 0 aromatic heterocycles. The number of urea groups is 1. The van der Waals surface area contributed by atoms with Crippen LogP contribution in [0, 0.1) is 17.3 Å². The average Bonchev–Trinajstić information content (AvgIpc) is 2.90. The van der Waals surface area contributed by atoms with E-state index in [0.29, 0.717) is 19.6 Å². The number of aliphatic carboxylic acids is 1. The van der Waals surface area contributed by atoms with Crippen LogP contribution < -0.4 is 5.32 Å². The Morgan fingerprint density at radius 3 is 2.42 bits per heavy atom. The van der Waals surface area contributed by atoms with Crippen molar-refractivity contribution in [3.8, 4) is 0 Å². The molecule has 0 unspecified atom stereocenters. The van der Waals surface area contributed by atoms with Crippen molar-refractivity contribution in [2.45, 2.75) is 31.9 Å². The molecule has 6 nitrogen and oxygen atoms in total. The van der Waals surface area contributed by atoms with E-state index in [1.165, 1.54) is 0 Å². The van der Waals surface area contributed by atoms with Crippen LogP contribution in [0.25, 0.3) is 0 Å². The van der Waals surface area contributed by atoms with E-state index in [1.54, 1.807) is 7.11 Å². The smallest absolute Gasteiger partial charge is 0.394 e. The second-order valence-corrected chi connectivity index (χ2v) is 6.77. The number of hydrogen-bond donors (Lipinski definition) is 2. The van der Waals surface area contributed by atoms with Gasteiger partial charge in [0.05, 0.1) is 18.4 Å². The zero-order valence-electron chi connectivity index (χ0n) is 13.6. The van der Waals surface area contributed by atoms with Crippen molar-refractivity contribution in [1.29, 1.82) is 0 Å². The average molecular weight is 352 g/mol. The lowest BCUT2D eigenvalue weighted by Gasteiger charge is -2.41. The fourth-order valence-corrected chi connectivity index (χ4v) is 3.55. The lowest BCUT2D eigenvalue weighted by atomic mass is 9.67. The van der Waals surface area contributed by atoms with Gasteiger partial charge in [-0.05, 0) is 24.7 Å². The van der Waals surface area contributed by atoms with Crippen molar-refractivity contribution in [3.05, 3.63) is 0 Å². The maximum absolute atomic E-state index is 12.9. The van der Waals surface area contributed by atoms with Crippen LogP contribution in [-0.4, -0.2) is 61.5 Å². The summed E-state index contributed by atoms with van der Waals surface area (Å²) in [5.74, 6) is -5.16. The molecule has 0 spiro atoms. The van der Waals surface area contributed by atoms with Crippen LogP contribution in [0.4, 0.5) is 18.0 Å². The first-order valence-electron chi connectivity index (χ1n) is 8.00. The molecule has 2 rings (SSSR count). The lowest BCUT2D eigenvalue weighted by molar-refractivity contribution is -0.187. The molecule has 0 aromatic carbocycles. The summed E-state index contributed by atoms with van der Waals surface area (Å²) in [4.78, 5) is 24.0. The van der Waals surface area contributed by atoms with Gasteiger partial charge in [-0.15, -0.1) is 0 Å². The zero-order chi connectivity index (χ0) is 18.0. The van der Waals surface area contributed by atoms with Crippen molar-refractivity contribution in [3.63, 3.8) is 0 Å². The molecule has 1 aliphatic heterocycles. The highest BCUT2D eigenvalue weighted by Crippen LogP contribution is 2.43. The van der Waals surface area contributed by atoms with Gasteiger partial charge >= 0.3 is 18.2 Å². The molecule has 2 N–H and O–H groups in total. The van der Waals surface area contributed by atoms with E-state index >= 15 is 0 Å². The molecule has 0 bridgehead atoms. The summed E-state index contributed by atoms with van der Waals surface area (Å²) in [6, 6.07) is -0.639. The quantitative estimate of drug-likeness (QED) is 0.767. The zero-order valence-corrected chi connectivity index (χ0v) is 13.6. The molecule has 2 aliphatic rings. The fraction of sp³-hybridized carbons (Fsp3) is 0.867.